The molecule has 2 nitrogen and oxygen atoms in total. The number of H-pyrrole nitrogens is 1. The van der Waals surface area contributed by atoms with Crippen molar-refractivity contribution in [3.8, 4) is 11.3 Å². The van der Waals surface area contributed by atoms with Gasteiger partial charge in [-0.05, 0) is 36.6 Å². The van der Waals surface area contributed by atoms with Crippen molar-refractivity contribution in [3.05, 3.63) is 48.2 Å². The molecule has 0 amide bonds. The summed E-state index contributed by atoms with van der Waals surface area (Å²) < 4.78 is 0. The van der Waals surface area contributed by atoms with Crippen LogP contribution in [0.2, 0.25) is 0 Å². The summed E-state index contributed by atoms with van der Waals surface area (Å²) in [5, 5.41) is 6.89. The number of allylic oxidation sites excluding steroid dienone is 2. The molecule has 0 atom stereocenters. The standard InChI is InChI=1S/C13H14N2/c1-3-10(2)11-4-6-12(7-5-11)13-8-9-14-15-13/h3-9H,1-2H3,(H,14,15). The van der Waals surface area contributed by atoms with E-state index in [9.17, 15) is 0 Å². The summed E-state index contributed by atoms with van der Waals surface area (Å²) in [4.78, 5) is 0. The smallest absolute Gasteiger partial charge is 0.0650 e. The summed E-state index contributed by atoms with van der Waals surface area (Å²) in [6.07, 6.45) is 3.88. The van der Waals surface area contributed by atoms with E-state index in [0.29, 0.717) is 0 Å². The van der Waals surface area contributed by atoms with E-state index >= 15 is 0 Å². The Morgan fingerprint density at radius 2 is 1.93 bits per heavy atom. The monoisotopic (exact) mass is 198 g/mol. The van der Waals surface area contributed by atoms with Crippen LogP contribution in [-0.2, 0) is 0 Å². The molecule has 1 heterocycles. The van der Waals surface area contributed by atoms with Crippen LogP contribution in [0.5, 0.6) is 0 Å². The van der Waals surface area contributed by atoms with Crippen LogP contribution in [0.3, 0.4) is 0 Å². The van der Waals surface area contributed by atoms with Gasteiger partial charge in [0.1, 0.15) is 0 Å². The molecule has 76 valence electrons. The van der Waals surface area contributed by atoms with Crippen molar-refractivity contribution < 1.29 is 0 Å². The van der Waals surface area contributed by atoms with Gasteiger partial charge in [0.25, 0.3) is 0 Å². The molecule has 0 saturated carbocycles. The van der Waals surface area contributed by atoms with Crippen LogP contribution >= 0.6 is 0 Å². The van der Waals surface area contributed by atoms with Crippen molar-refractivity contribution >= 4 is 5.57 Å². The Hall–Kier alpha value is -1.83. The summed E-state index contributed by atoms with van der Waals surface area (Å²) in [6.45, 7) is 4.17. The van der Waals surface area contributed by atoms with Crippen molar-refractivity contribution in [3.63, 3.8) is 0 Å². The van der Waals surface area contributed by atoms with Gasteiger partial charge in [-0.1, -0.05) is 30.3 Å². The molecule has 1 N–H and O–H groups in total. The molecular formula is C13H14N2. The van der Waals surface area contributed by atoms with Crippen LogP contribution in [0.4, 0.5) is 0 Å². The van der Waals surface area contributed by atoms with Gasteiger partial charge in [-0.2, -0.15) is 5.10 Å². The van der Waals surface area contributed by atoms with Crippen LogP contribution < -0.4 is 0 Å². The Kier molecular flexibility index (Phi) is 2.68. The minimum absolute atomic E-state index is 1.06. The minimum Gasteiger partial charge on any atom is -0.278 e. The van der Waals surface area contributed by atoms with Gasteiger partial charge in [0, 0.05) is 6.20 Å². The van der Waals surface area contributed by atoms with Crippen LogP contribution in [-0.4, -0.2) is 10.2 Å². The van der Waals surface area contributed by atoms with Crippen molar-refractivity contribution in [2.75, 3.05) is 0 Å². The maximum atomic E-state index is 3.94. The van der Waals surface area contributed by atoms with Crippen molar-refractivity contribution in [2.45, 2.75) is 13.8 Å². The van der Waals surface area contributed by atoms with E-state index in [1.807, 2.05) is 6.07 Å². The molecule has 0 fully saturated rings. The first kappa shape index (κ1) is 9.71. The van der Waals surface area contributed by atoms with E-state index in [1.165, 1.54) is 16.7 Å². The predicted molar refractivity (Wildman–Crippen MR) is 63.3 cm³/mol. The number of aromatic nitrogens is 2. The fourth-order valence-electron chi connectivity index (χ4n) is 1.50. The second-order valence-corrected chi connectivity index (χ2v) is 3.52. The molecule has 15 heavy (non-hydrogen) atoms. The number of benzene rings is 1. The first-order valence-corrected chi connectivity index (χ1v) is 5.04. The highest BCUT2D eigenvalue weighted by atomic mass is 15.1. The number of hydrogen-bond donors (Lipinski definition) is 1. The second kappa shape index (κ2) is 4.13. The van der Waals surface area contributed by atoms with Crippen LogP contribution in [0.1, 0.15) is 19.4 Å². The number of nitrogens with zero attached hydrogens (tertiary/aromatic N) is 1. The molecule has 0 aliphatic carbocycles. The predicted octanol–water partition coefficient (Wildman–Crippen LogP) is 3.50. The molecule has 0 saturated heterocycles. The largest absolute Gasteiger partial charge is 0.278 e. The molecule has 1 aromatic heterocycles. The van der Waals surface area contributed by atoms with Gasteiger partial charge in [-0.15, -0.1) is 0 Å². The van der Waals surface area contributed by atoms with E-state index in [-0.39, 0.29) is 0 Å². The summed E-state index contributed by atoms with van der Waals surface area (Å²) in [5.41, 5.74) is 4.78. The molecule has 0 bridgehead atoms. The second-order valence-electron chi connectivity index (χ2n) is 3.52. The fraction of sp³-hybridized carbons (Fsp3) is 0.154. The molecule has 0 aliphatic heterocycles. The molecule has 0 unspecified atom stereocenters. The molecule has 2 aromatic rings. The lowest BCUT2D eigenvalue weighted by atomic mass is 10.0. The van der Waals surface area contributed by atoms with Crippen LogP contribution in [0, 0.1) is 0 Å². The summed E-state index contributed by atoms with van der Waals surface area (Å²) in [7, 11) is 0. The van der Waals surface area contributed by atoms with E-state index in [1.54, 1.807) is 6.20 Å². The van der Waals surface area contributed by atoms with Gasteiger partial charge in [-0.25, -0.2) is 0 Å². The number of aromatic amines is 1. The van der Waals surface area contributed by atoms with Crippen LogP contribution in [0.15, 0.2) is 42.6 Å². The number of hydrogen-bond acceptors (Lipinski definition) is 1. The fourth-order valence-corrected chi connectivity index (χ4v) is 1.50. The van der Waals surface area contributed by atoms with E-state index in [0.717, 1.165) is 5.69 Å². The third-order valence-corrected chi connectivity index (χ3v) is 2.58. The summed E-state index contributed by atoms with van der Waals surface area (Å²) in [6, 6.07) is 10.4. The van der Waals surface area contributed by atoms with Gasteiger partial charge in [0.05, 0.1) is 5.69 Å². The van der Waals surface area contributed by atoms with Gasteiger partial charge in [0.15, 0.2) is 0 Å². The van der Waals surface area contributed by atoms with Crippen molar-refractivity contribution in [1.82, 2.24) is 10.2 Å². The van der Waals surface area contributed by atoms with E-state index in [2.05, 4.69) is 54.4 Å². The molecule has 1 aromatic carbocycles. The zero-order valence-electron chi connectivity index (χ0n) is 8.99. The van der Waals surface area contributed by atoms with E-state index in [4.69, 9.17) is 0 Å². The quantitative estimate of drug-likeness (QED) is 0.786. The molecular weight excluding hydrogens is 184 g/mol. The van der Waals surface area contributed by atoms with Gasteiger partial charge < -0.3 is 0 Å². The lowest BCUT2D eigenvalue weighted by Gasteiger charge is -2.02. The summed E-state index contributed by atoms with van der Waals surface area (Å²) >= 11 is 0. The Morgan fingerprint density at radius 3 is 2.47 bits per heavy atom. The molecule has 0 spiro atoms. The number of nitrogens with one attached hydrogen (secondary N) is 1. The molecule has 2 rings (SSSR count). The van der Waals surface area contributed by atoms with E-state index < -0.39 is 0 Å². The Bertz CT molecular complexity index is 450. The zero-order valence-corrected chi connectivity index (χ0v) is 8.99. The lowest BCUT2D eigenvalue weighted by molar-refractivity contribution is 1.10. The van der Waals surface area contributed by atoms with Gasteiger partial charge in [-0.3, -0.25) is 5.10 Å². The third kappa shape index (κ3) is 1.99. The molecule has 2 heteroatoms. The summed E-state index contributed by atoms with van der Waals surface area (Å²) in [5.74, 6) is 0. The average molecular weight is 198 g/mol. The lowest BCUT2D eigenvalue weighted by Crippen LogP contribution is -1.81. The minimum atomic E-state index is 1.06. The topological polar surface area (TPSA) is 28.7 Å². The highest BCUT2D eigenvalue weighted by Gasteiger charge is 1.99. The Balaban J connectivity index is 2.33. The highest BCUT2D eigenvalue weighted by molar-refractivity contribution is 5.67. The van der Waals surface area contributed by atoms with Crippen LogP contribution in [0.25, 0.3) is 16.8 Å². The first-order chi connectivity index (χ1) is 7.31. The maximum Gasteiger partial charge on any atom is 0.0650 e. The van der Waals surface area contributed by atoms with Gasteiger partial charge >= 0.3 is 0 Å². The Labute approximate surface area is 89.7 Å². The highest BCUT2D eigenvalue weighted by Crippen LogP contribution is 2.20. The number of rotatable bonds is 2. The van der Waals surface area contributed by atoms with Crippen molar-refractivity contribution in [1.29, 1.82) is 0 Å². The van der Waals surface area contributed by atoms with Crippen molar-refractivity contribution in [2.24, 2.45) is 0 Å². The normalized spacial score (nSPS) is 11.7. The average Bonchev–Trinajstić information content (AvgIpc) is 2.82. The molecule has 0 radical (unpaired) electrons. The zero-order chi connectivity index (χ0) is 10.7. The molecule has 0 aliphatic rings. The maximum absolute atomic E-state index is 3.94. The third-order valence-electron chi connectivity index (χ3n) is 2.58. The SMILES string of the molecule is CC=C(C)c1ccc(-c2ccn[nH]2)cc1. The van der Waals surface area contributed by atoms with Gasteiger partial charge in [0.2, 0.25) is 0 Å². The first-order valence-electron chi connectivity index (χ1n) is 5.04. The Morgan fingerprint density at radius 1 is 1.20 bits per heavy atom.